The molecule has 0 fully saturated rings. The smallest absolute Gasteiger partial charge is 0.359 e. The lowest BCUT2D eigenvalue weighted by Crippen LogP contribution is -2.19. The Labute approximate surface area is 176 Å². The van der Waals surface area contributed by atoms with Crippen molar-refractivity contribution in [2.45, 2.75) is 13.5 Å². The number of aryl methyl sites for hydroxylation is 1. The van der Waals surface area contributed by atoms with Crippen molar-refractivity contribution in [2.24, 2.45) is 0 Å². The summed E-state index contributed by atoms with van der Waals surface area (Å²) < 4.78 is 6.72. The van der Waals surface area contributed by atoms with E-state index in [1.54, 1.807) is 22.8 Å². The number of anilines is 1. The first-order chi connectivity index (χ1) is 14.5. The highest BCUT2D eigenvalue weighted by molar-refractivity contribution is 7.71. The van der Waals surface area contributed by atoms with Crippen LogP contribution in [0.1, 0.15) is 16.1 Å². The van der Waals surface area contributed by atoms with E-state index < -0.39 is 5.97 Å². The molecule has 4 rings (SSSR count). The van der Waals surface area contributed by atoms with Gasteiger partial charge in [0.25, 0.3) is 0 Å². The van der Waals surface area contributed by atoms with Gasteiger partial charge in [0.1, 0.15) is 6.54 Å². The van der Waals surface area contributed by atoms with Gasteiger partial charge >= 0.3 is 5.97 Å². The predicted octanol–water partition coefficient (Wildman–Crippen LogP) is 3.22. The second-order valence-electron chi connectivity index (χ2n) is 6.68. The molecule has 0 aliphatic carbocycles. The summed E-state index contributed by atoms with van der Waals surface area (Å²) in [5.74, 6) is -0.266. The molecule has 152 valence electrons. The Morgan fingerprint density at radius 2 is 2.00 bits per heavy atom. The van der Waals surface area contributed by atoms with Crippen molar-refractivity contribution in [3.05, 3.63) is 58.5 Å². The van der Waals surface area contributed by atoms with Gasteiger partial charge in [0, 0.05) is 16.6 Å². The van der Waals surface area contributed by atoms with E-state index in [9.17, 15) is 9.59 Å². The van der Waals surface area contributed by atoms with Crippen LogP contribution in [-0.4, -0.2) is 43.9 Å². The summed E-state index contributed by atoms with van der Waals surface area (Å²) in [6.45, 7) is 1.96. The molecule has 2 heterocycles. The molecule has 0 aliphatic heterocycles. The van der Waals surface area contributed by atoms with Crippen LogP contribution < -0.4 is 5.32 Å². The monoisotopic (exact) mass is 422 g/mol. The molecule has 0 spiro atoms. The number of nitrogens with one attached hydrogen (secondary N) is 3. The van der Waals surface area contributed by atoms with E-state index in [4.69, 9.17) is 17.0 Å². The van der Waals surface area contributed by atoms with Crippen LogP contribution in [0, 0.1) is 11.7 Å². The van der Waals surface area contributed by atoms with Crippen LogP contribution in [0.3, 0.4) is 0 Å². The van der Waals surface area contributed by atoms with Gasteiger partial charge in [0.2, 0.25) is 5.91 Å². The van der Waals surface area contributed by atoms with Crippen LogP contribution >= 0.6 is 12.2 Å². The van der Waals surface area contributed by atoms with Crippen LogP contribution in [0.2, 0.25) is 0 Å². The highest BCUT2D eigenvalue weighted by Crippen LogP contribution is 2.22. The molecular weight excluding hydrogens is 404 g/mol. The predicted molar refractivity (Wildman–Crippen MR) is 114 cm³/mol. The number of fused-ring (bicyclic) bond motifs is 1. The molecule has 4 aromatic rings. The summed E-state index contributed by atoms with van der Waals surface area (Å²) in [5.41, 5.74) is 3.27. The maximum absolute atomic E-state index is 12.7. The standard InChI is InChI=1S/C20H18N6O3S/c1-11-4-3-5-12(8-11)18-24-25-20(30)26(18)10-16(27)21-13-6-7-15-14(9-13)17(23-22-15)19(28)29-2/h3-9H,10H2,1-2H3,(H,21,27)(H,22,23)(H,25,30). The zero-order valence-electron chi connectivity index (χ0n) is 16.2. The van der Waals surface area contributed by atoms with Crippen molar-refractivity contribution in [3.8, 4) is 11.4 Å². The van der Waals surface area contributed by atoms with Crippen molar-refractivity contribution in [1.29, 1.82) is 0 Å². The average Bonchev–Trinajstić information content (AvgIpc) is 3.31. The Hall–Kier alpha value is -3.79. The largest absolute Gasteiger partial charge is 0.464 e. The number of nitrogens with zero attached hydrogens (tertiary/aromatic N) is 3. The number of rotatable bonds is 5. The van der Waals surface area contributed by atoms with Gasteiger partial charge in [-0.2, -0.15) is 10.2 Å². The molecule has 3 N–H and O–H groups in total. The van der Waals surface area contributed by atoms with E-state index in [1.165, 1.54) is 7.11 Å². The molecule has 0 saturated carbocycles. The summed E-state index contributed by atoms with van der Waals surface area (Å²) >= 11 is 5.30. The minimum absolute atomic E-state index is 0.0219. The Balaban J connectivity index is 1.58. The van der Waals surface area contributed by atoms with Crippen LogP contribution in [0.25, 0.3) is 22.3 Å². The van der Waals surface area contributed by atoms with Crippen molar-refractivity contribution in [1.82, 2.24) is 25.0 Å². The van der Waals surface area contributed by atoms with E-state index in [0.717, 1.165) is 11.1 Å². The first-order valence-corrected chi connectivity index (χ1v) is 9.45. The molecule has 0 atom stereocenters. The fourth-order valence-corrected chi connectivity index (χ4v) is 3.35. The zero-order valence-corrected chi connectivity index (χ0v) is 17.0. The molecular formula is C20H18N6O3S. The number of hydrogen-bond donors (Lipinski definition) is 3. The molecule has 0 unspecified atom stereocenters. The number of carbonyl (C=O) groups excluding carboxylic acids is 2. The molecule has 0 bridgehead atoms. The summed E-state index contributed by atoms with van der Waals surface area (Å²) in [6, 6.07) is 12.9. The molecule has 30 heavy (non-hydrogen) atoms. The lowest BCUT2D eigenvalue weighted by Gasteiger charge is -2.09. The lowest BCUT2D eigenvalue weighted by atomic mass is 10.1. The van der Waals surface area contributed by atoms with E-state index in [0.29, 0.717) is 27.2 Å². The third-order valence-electron chi connectivity index (χ3n) is 4.56. The summed E-state index contributed by atoms with van der Waals surface area (Å²) in [5, 5.41) is 17.1. The van der Waals surface area contributed by atoms with Crippen molar-refractivity contribution in [2.75, 3.05) is 12.4 Å². The molecule has 9 nitrogen and oxygen atoms in total. The third kappa shape index (κ3) is 3.72. The van der Waals surface area contributed by atoms with Gasteiger partial charge in [-0.1, -0.05) is 23.8 Å². The zero-order chi connectivity index (χ0) is 21.3. The average molecular weight is 422 g/mol. The van der Waals surface area contributed by atoms with Crippen LogP contribution in [-0.2, 0) is 16.1 Å². The highest BCUT2D eigenvalue weighted by atomic mass is 32.1. The number of amides is 1. The highest BCUT2D eigenvalue weighted by Gasteiger charge is 2.16. The number of esters is 1. The fourth-order valence-electron chi connectivity index (χ4n) is 3.16. The third-order valence-corrected chi connectivity index (χ3v) is 4.87. The van der Waals surface area contributed by atoms with E-state index in [2.05, 4.69) is 25.7 Å². The Morgan fingerprint density at radius 3 is 2.77 bits per heavy atom. The van der Waals surface area contributed by atoms with Gasteiger partial charge in [-0.3, -0.25) is 19.6 Å². The topological polar surface area (TPSA) is 118 Å². The van der Waals surface area contributed by atoms with Crippen LogP contribution in [0.4, 0.5) is 5.69 Å². The van der Waals surface area contributed by atoms with E-state index in [-0.39, 0.29) is 18.1 Å². The normalized spacial score (nSPS) is 10.9. The number of ether oxygens (including phenoxy) is 1. The number of methoxy groups -OCH3 is 1. The minimum atomic E-state index is -0.558. The number of hydrogen-bond acceptors (Lipinski definition) is 6. The van der Waals surface area contributed by atoms with Crippen molar-refractivity contribution < 1.29 is 14.3 Å². The fraction of sp³-hybridized carbons (Fsp3) is 0.150. The molecule has 2 aromatic heterocycles. The lowest BCUT2D eigenvalue weighted by molar-refractivity contribution is -0.116. The second kappa shape index (κ2) is 7.91. The number of aromatic nitrogens is 5. The van der Waals surface area contributed by atoms with Gasteiger partial charge in [-0.25, -0.2) is 4.79 Å². The number of aromatic amines is 2. The van der Waals surface area contributed by atoms with Gasteiger partial charge in [0.05, 0.1) is 12.6 Å². The van der Waals surface area contributed by atoms with Crippen LogP contribution in [0.15, 0.2) is 42.5 Å². The minimum Gasteiger partial charge on any atom is -0.464 e. The van der Waals surface area contributed by atoms with Crippen LogP contribution in [0.5, 0.6) is 0 Å². The SMILES string of the molecule is COC(=O)c1n[nH]c2ccc(NC(=O)Cn3c(-c4cccc(C)c4)n[nH]c3=S)cc12. The Morgan fingerprint density at radius 1 is 1.17 bits per heavy atom. The molecule has 0 radical (unpaired) electrons. The van der Waals surface area contributed by atoms with Crippen molar-refractivity contribution in [3.63, 3.8) is 0 Å². The van der Waals surface area contributed by atoms with E-state index in [1.807, 2.05) is 31.2 Å². The van der Waals surface area contributed by atoms with Gasteiger partial charge in [0.15, 0.2) is 16.3 Å². The van der Waals surface area contributed by atoms with E-state index >= 15 is 0 Å². The second-order valence-corrected chi connectivity index (χ2v) is 7.07. The van der Waals surface area contributed by atoms with Gasteiger partial charge < -0.3 is 10.1 Å². The first kappa shape index (κ1) is 19.5. The Kier molecular flexibility index (Phi) is 5.15. The number of benzene rings is 2. The van der Waals surface area contributed by atoms with Crippen molar-refractivity contribution >= 4 is 40.7 Å². The Bertz CT molecular complexity index is 1320. The quantitative estimate of drug-likeness (QED) is 0.336. The maximum Gasteiger partial charge on any atom is 0.359 e. The molecule has 2 aromatic carbocycles. The summed E-state index contributed by atoms with van der Waals surface area (Å²) in [4.78, 5) is 24.5. The maximum atomic E-state index is 12.7. The summed E-state index contributed by atoms with van der Waals surface area (Å²) in [7, 11) is 1.29. The van der Waals surface area contributed by atoms with Gasteiger partial charge in [-0.15, -0.1) is 0 Å². The molecule has 0 aliphatic rings. The molecule has 1 amide bonds. The van der Waals surface area contributed by atoms with Gasteiger partial charge in [-0.05, 0) is 43.4 Å². The number of H-pyrrole nitrogens is 2. The molecule has 10 heteroatoms. The number of carbonyl (C=O) groups is 2. The molecule has 0 saturated heterocycles. The first-order valence-electron chi connectivity index (χ1n) is 9.05. The summed E-state index contributed by atoms with van der Waals surface area (Å²) in [6.07, 6.45) is 0.